The summed E-state index contributed by atoms with van der Waals surface area (Å²) in [5, 5.41) is 14.2. The zero-order valence-electron chi connectivity index (χ0n) is 11.8. The van der Waals surface area contributed by atoms with Crippen molar-refractivity contribution in [3.8, 4) is 5.75 Å². The molecule has 106 valence electrons. The Kier molecular flexibility index (Phi) is 5.11. The second kappa shape index (κ2) is 7.28. The van der Waals surface area contributed by atoms with Crippen LogP contribution in [0, 0.1) is 0 Å². The molecular formula is C14H19N5O. The molecule has 0 saturated heterocycles. The van der Waals surface area contributed by atoms with Crippen LogP contribution >= 0.6 is 0 Å². The number of benzene rings is 1. The van der Waals surface area contributed by atoms with E-state index in [2.05, 4.69) is 32.7 Å². The topological polar surface area (TPSA) is 72.0 Å². The van der Waals surface area contributed by atoms with Gasteiger partial charge in [-0.1, -0.05) is 19.1 Å². The Morgan fingerprint density at radius 1 is 1.20 bits per heavy atom. The summed E-state index contributed by atoms with van der Waals surface area (Å²) in [4.78, 5) is 4.36. The fraction of sp³-hybridized carbons (Fsp3) is 0.357. The number of para-hydroxylation sites is 2. The molecule has 0 atom stereocenters. The highest BCUT2D eigenvalue weighted by molar-refractivity contribution is 5.62. The molecule has 20 heavy (non-hydrogen) atoms. The molecule has 2 aromatic rings. The van der Waals surface area contributed by atoms with E-state index in [-0.39, 0.29) is 0 Å². The Morgan fingerprint density at radius 2 is 2.05 bits per heavy atom. The number of aromatic nitrogens is 3. The van der Waals surface area contributed by atoms with Crippen molar-refractivity contribution in [3.05, 3.63) is 30.5 Å². The molecule has 1 aromatic heterocycles. The van der Waals surface area contributed by atoms with Crippen LogP contribution in [0.15, 0.2) is 30.5 Å². The van der Waals surface area contributed by atoms with Crippen LogP contribution in [0.4, 0.5) is 17.5 Å². The summed E-state index contributed by atoms with van der Waals surface area (Å²) in [6, 6.07) is 7.67. The minimum absolute atomic E-state index is 0.443. The smallest absolute Gasteiger partial charge is 0.249 e. The lowest BCUT2D eigenvalue weighted by atomic mass is 10.3. The number of hydrogen-bond donors (Lipinski definition) is 2. The minimum atomic E-state index is 0.443. The second-order valence-corrected chi connectivity index (χ2v) is 4.15. The Balaban J connectivity index is 2.13. The van der Waals surface area contributed by atoms with Crippen molar-refractivity contribution < 1.29 is 4.74 Å². The molecule has 2 N–H and O–H groups in total. The van der Waals surface area contributed by atoms with Gasteiger partial charge >= 0.3 is 0 Å². The summed E-state index contributed by atoms with van der Waals surface area (Å²) < 4.78 is 5.55. The van der Waals surface area contributed by atoms with Gasteiger partial charge < -0.3 is 15.4 Å². The van der Waals surface area contributed by atoms with E-state index in [1.807, 2.05) is 31.2 Å². The number of rotatable bonds is 7. The Morgan fingerprint density at radius 3 is 2.85 bits per heavy atom. The molecule has 0 saturated carbocycles. The molecule has 6 heteroatoms. The highest BCUT2D eigenvalue weighted by Gasteiger charge is 2.05. The lowest BCUT2D eigenvalue weighted by molar-refractivity contribution is 0.342. The third-order valence-electron chi connectivity index (χ3n) is 2.55. The number of hydrogen-bond acceptors (Lipinski definition) is 6. The second-order valence-electron chi connectivity index (χ2n) is 4.15. The van der Waals surface area contributed by atoms with E-state index in [4.69, 9.17) is 4.74 Å². The number of ether oxygens (including phenoxy) is 1. The average Bonchev–Trinajstić information content (AvgIpc) is 2.48. The van der Waals surface area contributed by atoms with Crippen LogP contribution in [0.5, 0.6) is 5.75 Å². The third-order valence-corrected chi connectivity index (χ3v) is 2.55. The standard InChI is InChI=1S/C14H19N5O/c1-3-9-15-13-10-16-19-14(18-13)17-11-7-5-6-8-12(11)20-4-2/h5-8,10H,3-4,9H2,1-2H3,(H2,15,17,18,19). The van der Waals surface area contributed by atoms with E-state index in [9.17, 15) is 0 Å². The molecule has 2 rings (SSSR count). The molecule has 0 fully saturated rings. The summed E-state index contributed by atoms with van der Waals surface area (Å²) >= 11 is 0. The SMILES string of the molecule is CCCNc1cnnc(Nc2ccccc2OCC)n1. The van der Waals surface area contributed by atoms with Gasteiger partial charge in [0.1, 0.15) is 5.75 Å². The third kappa shape index (κ3) is 3.81. The highest BCUT2D eigenvalue weighted by atomic mass is 16.5. The van der Waals surface area contributed by atoms with Crippen molar-refractivity contribution in [3.63, 3.8) is 0 Å². The number of anilines is 3. The summed E-state index contributed by atoms with van der Waals surface area (Å²) in [6.07, 6.45) is 2.63. The lowest BCUT2D eigenvalue weighted by Gasteiger charge is -2.11. The summed E-state index contributed by atoms with van der Waals surface area (Å²) in [7, 11) is 0. The van der Waals surface area contributed by atoms with Crippen molar-refractivity contribution in [1.82, 2.24) is 15.2 Å². The summed E-state index contributed by atoms with van der Waals surface area (Å²) in [5.41, 5.74) is 0.823. The van der Waals surface area contributed by atoms with Crippen LogP contribution in [0.25, 0.3) is 0 Å². The van der Waals surface area contributed by atoms with Gasteiger partial charge in [0.05, 0.1) is 18.5 Å². The molecule has 0 aliphatic rings. The van der Waals surface area contributed by atoms with E-state index in [0.29, 0.717) is 18.4 Å². The summed E-state index contributed by atoms with van der Waals surface area (Å²) in [6.45, 7) is 5.51. The van der Waals surface area contributed by atoms with Crippen LogP contribution in [-0.2, 0) is 0 Å². The van der Waals surface area contributed by atoms with Gasteiger partial charge in [0.15, 0.2) is 5.82 Å². The molecule has 0 aliphatic carbocycles. The lowest BCUT2D eigenvalue weighted by Crippen LogP contribution is -2.06. The first-order valence-electron chi connectivity index (χ1n) is 6.76. The van der Waals surface area contributed by atoms with Crippen molar-refractivity contribution in [2.75, 3.05) is 23.8 Å². The first-order chi connectivity index (χ1) is 9.83. The first-order valence-corrected chi connectivity index (χ1v) is 6.76. The molecule has 0 aliphatic heterocycles. The summed E-state index contributed by atoms with van der Waals surface area (Å²) in [5.74, 6) is 1.92. The number of nitrogens with zero attached hydrogens (tertiary/aromatic N) is 3. The van der Waals surface area contributed by atoms with Crippen molar-refractivity contribution in [1.29, 1.82) is 0 Å². The minimum Gasteiger partial charge on any atom is -0.492 e. The van der Waals surface area contributed by atoms with Gasteiger partial charge in [-0.3, -0.25) is 0 Å². The number of nitrogens with one attached hydrogen (secondary N) is 2. The normalized spacial score (nSPS) is 10.1. The van der Waals surface area contributed by atoms with Gasteiger partial charge in [-0.05, 0) is 25.5 Å². The van der Waals surface area contributed by atoms with Crippen molar-refractivity contribution >= 4 is 17.5 Å². The van der Waals surface area contributed by atoms with Crippen LogP contribution in [0.2, 0.25) is 0 Å². The van der Waals surface area contributed by atoms with Gasteiger partial charge in [-0.2, -0.15) is 10.1 Å². The fourth-order valence-electron chi connectivity index (χ4n) is 1.67. The molecule has 0 spiro atoms. The molecule has 1 heterocycles. The Bertz CT molecular complexity index is 547. The molecule has 6 nitrogen and oxygen atoms in total. The van der Waals surface area contributed by atoms with Gasteiger partial charge in [-0.25, -0.2) is 0 Å². The fourth-order valence-corrected chi connectivity index (χ4v) is 1.67. The Labute approximate surface area is 118 Å². The van der Waals surface area contributed by atoms with Crippen LogP contribution in [-0.4, -0.2) is 28.3 Å². The van der Waals surface area contributed by atoms with Gasteiger partial charge in [0, 0.05) is 6.54 Å². The van der Waals surface area contributed by atoms with Gasteiger partial charge in [0.25, 0.3) is 0 Å². The average molecular weight is 273 g/mol. The molecule has 0 bridgehead atoms. The van der Waals surface area contributed by atoms with Gasteiger partial charge in [-0.15, -0.1) is 5.10 Å². The molecule has 1 aromatic carbocycles. The van der Waals surface area contributed by atoms with E-state index in [0.717, 1.165) is 24.4 Å². The quantitative estimate of drug-likeness (QED) is 0.808. The zero-order chi connectivity index (χ0) is 14.2. The van der Waals surface area contributed by atoms with Crippen molar-refractivity contribution in [2.45, 2.75) is 20.3 Å². The van der Waals surface area contributed by atoms with Crippen molar-refractivity contribution in [2.24, 2.45) is 0 Å². The maximum Gasteiger partial charge on any atom is 0.249 e. The largest absolute Gasteiger partial charge is 0.492 e. The van der Waals surface area contributed by atoms with Crippen LogP contribution in [0.3, 0.4) is 0 Å². The Hall–Kier alpha value is -2.37. The van der Waals surface area contributed by atoms with E-state index in [1.165, 1.54) is 0 Å². The van der Waals surface area contributed by atoms with E-state index < -0.39 is 0 Å². The first kappa shape index (κ1) is 14.0. The van der Waals surface area contributed by atoms with Crippen LogP contribution in [0.1, 0.15) is 20.3 Å². The molecule has 0 radical (unpaired) electrons. The van der Waals surface area contributed by atoms with Gasteiger partial charge in [0.2, 0.25) is 5.95 Å². The van der Waals surface area contributed by atoms with E-state index in [1.54, 1.807) is 6.20 Å². The van der Waals surface area contributed by atoms with E-state index >= 15 is 0 Å². The highest BCUT2D eigenvalue weighted by Crippen LogP contribution is 2.25. The monoisotopic (exact) mass is 273 g/mol. The maximum absolute atomic E-state index is 5.55. The zero-order valence-corrected chi connectivity index (χ0v) is 11.8. The predicted molar refractivity (Wildman–Crippen MR) is 79.5 cm³/mol. The maximum atomic E-state index is 5.55. The van der Waals surface area contributed by atoms with Crippen LogP contribution < -0.4 is 15.4 Å². The molecule has 0 unspecified atom stereocenters. The molecule has 0 amide bonds. The predicted octanol–water partition coefficient (Wildman–Crippen LogP) is 2.84. The molecular weight excluding hydrogens is 254 g/mol.